The number of thiophene rings is 1. The molecule has 1 aromatic heterocycles. The fourth-order valence-corrected chi connectivity index (χ4v) is 2.94. The number of halogens is 1. The number of fused-ring (bicyclic) bond motifs is 1. The van der Waals surface area contributed by atoms with Crippen molar-refractivity contribution in [3.8, 4) is 0 Å². The predicted molar refractivity (Wildman–Crippen MR) is 65.6 cm³/mol. The van der Waals surface area contributed by atoms with Gasteiger partial charge in [-0.1, -0.05) is 12.1 Å². The van der Waals surface area contributed by atoms with Crippen molar-refractivity contribution in [2.75, 3.05) is 0 Å². The van der Waals surface area contributed by atoms with Crippen molar-refractivity contribution >= 4 is 49.8 Å². The van der Waals surface area contributed by atoms with Crippen LogP contribution in [0.3, 0.4) is 0 Å². The minimum atomic E-state index is 0.150. The lowest BCUT2D eigenvalue weighted by molar-refractivity contribution is 1.46. The van der Waals surface area contributed by atoms with Gasteiger partial charge in [-0.2, -0.15) is 0 Å². The molecule has 2 nitrogen and oxygen atoms in total. The number of nitrogens with one attached hydrogen (secondary N) is 1. The van der Waals surface area contributed by atoms with Crippen molar-refractivity contribution in [2.24, 2.45) is 5.73 Å². The Labute approximate surface area is 93.4 Å². The van der Waals surface area contributed by atoms with Crippen LogP contribution in [0.2, 0.25) is 0 Å². The van der Waals surface area contributed by atoms with Gasteiger partial charge in [0.1, 0.15) is 5.84 Å². The molecule has 0 aliphatic heterocycles. The fraction of sp³-hybridized carbons (Fsp3) is 0. The Hall–Kier alpha value is -0.620. The maximum Gasteiger partial charge on any atom is 0.133 e. The highest BCUT2D eigenvalue weighted by molar-refractivity contribution is 14.1. The lowest BCUT2D eigenvalue weighted by atomic mass is 10.2. The molecular formula is C9H7IN2S. The van der Waals surface area contributed by atoms with Crippen molar-refractivity contribution in [3.05, 3.63) is 32.7 Å². The number of nitrogens with two attached hydrogens (primary N) is 1. The predicted octanol–water partition coefficient (Wildman–Crippen LogP) is 2.79. The molecule has 0 aliphatic carbocycles. The minimum absolute atomic E-state index is 0.150. The molecule has 0 atom stereocenters. The van der Waals surface area contributed by atoms with E-state index < -0.39 is 0 Å². The number of hydrogen-bond acceptors (Lipinski definition) is 2. The van der Waals surface area contributed by atoms with E-state index in [1.165, 1.54) is 13.7 Å². The van der Waals surface area contributed by atoms with Crippen LogP contribution in [0.4, 0.5) is 0 Å². The quantitative estimate of drug-likeness (QED) is 0.475. The molecule has 0 unspecified atom stereocenters. The average molecular weight is 302 g/mol. The Bertz CT molecular complexity index is 475. The molecular weight excluding hydrogens is 295 g/mol. The van der Waals surface area contributed by atoms with Crippen molar-refractivity contribution in [3.63, 3.8) is 0 Å². The van der Waals surface area contributed by atoms with Gasteiger partial charge in [0.05, 0.1) is 4.88 Å². The first kappa shape index (κ1) is 8.96. The van der Waals surface area contributed by atoms with E-state index in [0.717, 1.165) is 4.88 Å². The lowest BCUT2D eigenvalue weighted by Gasteiger charge is -1.90. The van der Waals surface area contributed by atoms with Gasteiger partial charge in [0.15, 0.2) is 0 Å². The maximum absolute atomic E-state index is 7.32. The number of amidine groups is 1. The van der Waals surface area contributed by atoms with Crippen LogP contribution in [0, 0.1) is 8.98 Å². The summed E-state index contributed by atoms with van der Waals surface area (Å²) in [5.41, 5.74) is 5.42. The molecule has 66 valence electrons. The number of benzene rings is 1. The average Bonchev–Trinajstić information content (AvgIpc) is 2.49. The molecule has 0 amide bonds. The van der Waals surface area contributed by atoms with Gasteiger partial charge < -0.3 is 5.73 Å². The zero-order chi connectivity index (χ0) is 9.42. The summed E-state index contributed by atoms with van der Waals surface area (Å²) in [6.07, 6.45) is 0. The summed E-state index contributed by atoms with van der Waals surface area (Å²) in [5, 5.41) is 8.49. The summed E-state index contributed by atoms with van der Waals surface area (Å²) < 4.78 is 2.43. The third kappa shape index (κ3) is 1.55. The van der Waals surface area contributed by atoms with Gasteiger partial charge in [0.2, 0.25) is 0 Å². The number of hydrogen-bond donors (Lipinski definition) is 2. The molecule has 1 aromatic carbocycles. The summed E-state index contributed by atoms with van der Waals surface area (Å²) in [6.45, 7) is 0. The summed E-state index contributed by atoms with van der Waals surface area (Å²) in [4.78, 5) is 0.846. The Morgan fingerprint density at radius 2 is 2.23 bits per heavy atom. The van der Waals surface area contributed by atoms with Crippen molar-refractivity contribution in [2.45, 2.75) is 0 Å². The molecule has 1 heterocycles. The lowest BCUT2D eigenvalue weighted by Crippen LogP contribution is -2.08. The van der Waals surface area contributed by atoms with E-state index in [1.807, 2.05) is 18.2 Å². The van der Waals surface area contributed by atoms with Crippen LogP contribution in [0.5, 0.6) is 0 Å². The van der Waals surface area contributed by atoms with E-state index in [0.29, 0.717) is 0 Å². The second-order valence-electron chi connectivity index (χ2n) is 2.68. The van der Waals surface area contributed by atoms with Crippen molar-refractivity contribution in [1.82, 2.24) is 0 Å². The van der Waals surface area contributed by atoms with Gasteiger partial charge in [-0.3, -0.25) is 5.41 Å². The van der Waals surface area contributed by atoms with E-state index in [-0.39, 0.29) is 5.84 Å². The zero-order valence-corrected chi connectivity index (χ0v) is 9.65. The second kappa shape index (κ2) is 3.26. The van der Waals surface area contributed by atoms with Crippen molar-refractivity contribution in [1.29, 1.82) is 5.41 Å². The third-order valence-corrected chi connectivity index (χ3v) is 4.24. The highest BCUT2D eigenvalue weighted by atomic mass is 127. The third-order valence-electron chi connectivity index (χ3n) is 1.76. The second-order valence-corrected chi connectivity index (χ2v) is 4.90. The topological polar surface area (TPSA) is 49.9 Å². The molecule has 0 aliphatic rings. The summed E-state index contributed by atoms with van der Waals surface area (Å²) in [7, 11) is 0. The van der Waals surface area contributed by atoms with E-state index in [9.17, 15) is 0 Å². The molecule has 3 N–H and O–H groups in total. The molecule has 0 bridgehead atoms. The van der Waals surface area contributed by atoms with E-state index in [2.05, 4.69) is 28.7 Å². The monoisotopic (exact) mass is 302 g/mol. The van der Waals surface area contributed by atoms with Crippen LogP contribution < -0.4 is 5.73 Å². The molecule has 0 spiro atoms. The fourth-order valence-electron chi connectivity index (χ4n) is 1.16. The first-order chi connectivity index (χ1) is 6.18. The smallest absolute Gasteiger partial charge is 0.133 e. The Balaban J connectivity index is 2.75. The van der Waals surface area contributed by atoms with Crippen LogP contribution in [0.15, 0.2) is 24.3 Å². The summed E-state index contributed by atoms with van der Waals surface area (Å²) in [5.74, 6) is 0.150. The molecule has 0 radical (unpaired) electrons. The zero-order valence-electron chi connectivity index (χ0n) is 6.67. The molecule has 13 heavy (non-hydrogen) atoms. The van der Waals surface area contributed by atoms with E-state index >= 15 is 0 Å². The Morgan fingerprint density at radius 1 is 1.46 bits per heavy atom. The van der Waals surface area contributed by atoms with Crippen LogP contribution in [0.25, 0.3) is 10.1 Å². The molecule has 4 heteroatoms. The maximum atomic E-state index is 7.32. The molecule has 2 rings (SSSR count). The van der Waals surface area contributed by atoms with Gasteiger partial charge in [0.25, 0.3) is 0 Å². The van der Waals surface area contributed by atoms with Crippen LogP contribution in [0.1, 0.15) is 4.88 Å². The van der Waals surface area contributed by atoms with Gasteiger partial charge in [0, 0.05) is 8.27 Å². The highest BCUT2D eigenvalue weighted by Crippen LogP contribution is 2.29. The largest absolute Gasteiger partial charge is 0.383 e. The SMILES string of the molecule is N=C(N)c1cc2cccc(I)c2s1. The van der Waals surface area contributed by atoms with Crippen LogP contribution in [-0.2, 0) is 0 Å². The van der Waals surface area contributed by atoms with E-state index in [4.69, 9.17) is 11.1 Å². The highest BCUT2D eigenvalue weighted by Gasteiger charge is 2.05. The van der Waals surface area contributed by atoms with Crippen LogP contribution >= 0.6 is 33.9 Å². The first-order valence-corrected chi connectivity index (χ1v) is 5.60. The standard InChI is InChI=1S/C9H7IN2S/c10-6-3-1-2-5-4-7(9(11)12)13-8(5)6/h1-4H,(H3,11,12). The minimum Gasteiger partial charge on any atom is -0.383 e. The first-order valence-electron chi connectivity index (χ1n) is 3.71. The van der Waals surface area contributed by atoms with Gasteiger partial charge in [-0.25, -0.2) is 0 Å². The normalized spacial score (nSPS) is 10.5. The molecule has 0 saturated carbocycles. The Morgan fingerprint density at radius 3 is 2.85 bits per heavy atom. The van der Waals surface area contributed by atoms with Crippen LogP contribution in [-0.4, -0.2) is 5.84 Å². The van der Waals surface area contributed by atoms with Gasteiger partial charge in [-0.05, 0) is 40.1 Å². The Kier molecular flexibility index (Phi) is 2.25. The number of rotatable bonds is 1. The number of nitrogen functional groups attached to an aromatic ring is 1. The molecule has 0 fully saturated rings. The van der Waals surface area contributed by atoms with E-state index in [1.54, 1.807) is 11.3 Å². The molecule has 0 saturated heterocycles. The molecule has 2 aromatic rings. The van der Waals surface area contributed by atoms with Crippen molar-refractivity contribution < 1.29 is 0 Å². The summed E-state index contributed by atoms with van der Waals surface area (Å²) in [6, 6.07) is 8.08. The van der Waals surface area contributed by atoms with Gasteiger partial charge >= 0.3 is 0 Å². The summed E-state index contributed by atoms with van der Waals surface area (Å²) >= 11 is 3.87. The van der Waals surface area contributed by atoms with Gasteiger partial charge in [-0.15, -0.1) is 11.3 Å².